The monoisotopic (exact) mass is 368 g/mol. The Bertz CT molecular complexity index is 737. The Morgan fingerprint density at radius 1 is 1.24 bits per heavy atom. The van der Waals surface area contributed by atoms with Gasteiger partial charge in [-0.05, 0) is 12.1 Å². The van der Waals surface area contributed by atoms with Crippen LogP contribution in [0, 0.1) is 17.0 Å². The van der Waals surface area contributed by atoms with E-state index in [9.17, 15) is 23.2 Å². The average Bonchev–Trinajstić information content (AvgIpc) is 2.78. The molecule has 1 aliphatic heterocycles. The van der Waals surface area contributed by atoms with Gasteiger partial charge in [0, 0.05) is 23.2 Å². The molecular formula is C17H18F2N2O3S. The van der Waals surface area contributed by atoms with Crippen molar-refractivity contribution in [1.29, 1.82) is 0 Å². The summed E-state index contributed by atoms with van der Waals surface area (Å²) in [6.45, 7) is 4.92. The minimum absolute atomic E-state index is 0.0434. The Hall–Kier alpha value is -2.22. The first-order valence-electron chi connectivity index (χ1n) is 7.51. The maximum Gasteiger partial charge on any atom is 0.244 e. The molecule has 1 N–H and O–H groups in total. The van der Waals surface area contributed by atoms with E-state index in [1.807, 2.05) is 0 Å². The fourth-order valence-electron chi connectivity index (χ4n) is 2.00. The Balaban J connectivity index is 2.10. The van der Waals surface area contributed by atoms with Crippen LogP contribution in [-0.4, -0.2) is 34.8 Å². The van der Waals surface area contributed by atoms with Crippen molar-refractivity contribution in [3.63, 3.8) is 0 Å². The number of thioether (sulfide) groups is 1. The normalized spacial score (nSPS) is 16.4. The van der Waals surface area contributed by atoms with E-state index in [2.05, 4.69) is 5.32 Å². The molecule has 0 radical (unpaired) electrons. The summed E-state index contributed by atoms with van der Waals surface area (Å²) < 4.78 is 26.3. The second-order valence-corrected chi connectivity index (χ2v) is 7.57. The fourth-order valence-corrected chi connectivity index (χ4v) is 2.94. The number of benzene rings is 1. The lowest BCUT2D eigenvalue weighted by Crippen LogP contribution is -2.34. The number of amides is 2. The molecule has 1 saturated heterocycles. The molecule has 0 bridgehead atoms. The summed E-state index contributed by atoms with van der Waals surface area (Å²) in [5, 5.41) is 2.73. The molecule has 0 atom stereocenters. The van der Waals surface area contributed by atoms with Gasteiger partial charge in [0.25, 0.3) is 0 Å². The summed E-state index contributed by atoms with van der Waals surface area (Å²) in [5.74, 6) is -2.60. The van der Waals surface area contributed by atoms with Gasteiger partial charge in [0.2, 0.25) is 11.8 Å². The van der Waals surface area contributed by atoms with Gasteiger partial charge in [0.1, 0.15) is 18.2 Å². The molecule has 1 fully saturated rings. The zero-order valence-corrected chi connectivity index (χ0v) is 14.9. The Morgan fingerprint density at radius 3 is 2.40 bits per heavy atom. The molecule has 0 spiro atoms. The quantitative estimate of drug-likeness (QED) is 0.830. The predicted molar refractivity (Wildman–Crippen MR) is 91.7 cm³/mol. The lowest BCUT2D eigenvalue weighted by atomic mass is 9.91. The van der Waals surface area contributed by atoms with Crippen LogP contribution in [-0.2, 0) is 14.4 Å². The smallest absolute Gasteiger partial charge is 0.244 e. The lowest BCUT2D eigenvalue weighted by molar-refractivity contribution is -0.129. The molecule has 5 nitrogen and oxygen atoms in total. The van der Waals surface area contributed by atoms with Crippen LogP contribution in [0.4, 0.5) is 14.5 Å². The standard InChI is InChI=1S/C17H18F2N2O3S/c1-17(2,3)13(22)7-16-21(15(24)9-25-16)8-14(23)20-12-5-10(18)4-11(19)6-12/h4-7H,8-9H2,1-3H3,(H,20,23)/b16-7-. The molecule has 25 heavy (non-hydrogen) atoms. The number of nitrogens with zero attached hydrogens (tertiary/aromatic N) is 1. The van der Waals surface area contributed by atoms with Crippen molar-refractivity contribution in [3.8, 4) is 0 Å². The maximum absolute atomic E-state index is 13.2. The number of carbonyl (C=O) groups excluding carboxylic acids is 3. The second kappa shape index (κ2) is 7.35. The van der Waals surface area contributed by atoms with Gasteiger partial charge >= 0.3 is 0 Å². The van der Waals surface area contributed by atoms with Gasteiger partial charge in [-0.3, -0.25) is 19.3 Å². The molecule has 1 aliphatic rings. The largest absolute Gasteiger partial charge is 0.324 e. The highest BCUT2D eigenvalue weighted by molar-refractivity contribution is 8.04. The molecule has 2 rings (SSSR count). The summed E-state index contributed by atoms with van der Waals surface area (Å²) in [5.41, 5.74) is -0.648. The van der Waals surface area contributed by atoms with E-state index >= 15 is 0 Å². The minimum atomic E-state index is -0.820. The van der Waals surface area contributed by atoms with Gasteiger partial charge in [-0.1, -0.05) is 32.5 Å². The molecule has 1 heterocycles. The number of hydrogen-bond acceptors (Lipinski definition) is 4. The van der Waals surface area contributed by atoms with Crippen LogP contribution in [0.2, 0.25) is 0 Å². The Labute approximate surface area is 148 Å². The zero-order valence-electron chi connectivity index (χ0n) is 14.1. The average molecular weight is 368 g/mol. The van der Waals surface area contributed by atoms with Gasteiger partial charge in [0.05, 0.1) is 10.8 Å². The number of rotatable bonds is 4. The van der Waals surface area contributed by atoms with Crippen molar-refractivity contribution in [3.05, 3.63) is 40.9 Å². The molecule has 2 amide bonds. The highest BCUT2D eigenvalue weighted by Crippen LogP contribution is 2.30. The van der Waals surface area contributed by atoms with Crippen molar-refractivity contribution in [1.82, 2.24) is 4.90 Å². The summed E-state index contributed by atoms with van der Waals surface area (Å²) >= 11 is 1.17. The summed E-state index contributed by atoms with van der Waals surface area (Å²) in [6, 6.07) is 2.64. The predicted octanol–water partition coefficient (Wildman–Crippen LogP) is 2.94. The SMILES string of the molecule is CC(C)(C)C(=O)/C=C1\SCC(=O)N1CC(=O)Nc1cc(F)cc(F)c1. The van der Waals surface area contributed by atoms with Gasteiger partial charge in [-0.25, -0.2) is 8.78 Å². The van der Waals surface area contributed by atoms with E-state index in [4.69, 9.17) is 0 Å². The summed E-state index contributed by atoms with van der Waals surface area (Å²) in [6.07, 6.45) is 1.35. The Kier molecular flexibility index (Phi) is 5.62. The highest BCUT2D eigenvalue weighted by atomic mass is 32.2. The third-order valence-electron chi connectivity index (χ3n) is 3.35. The van der Waals surface area contributed by atoms with Crippen LogP contribution in [0.25, 0.3) is 0 Å². The van der Waals surface area contributed by atoms with Crippen LogP contribution >= 0.6 is 11.8 Å². The van der Waals surface area contributed by atoms with Gasteiger partial charge < -0.3 is 5.32 Å². The van der Waals surface area contributed by atoms with Crippen LogP contribution < -0.4 is 5.32 Å². The van der Waals surface area contributed by atoms with E-state index in [-0.39, 0.29) is 29.7 Å². The number of anilines is 1. The molecule has 1 aromatic rings. The first kappa shape index (κ1) is 19.1. The van der Waals surface area contributed by atoms with Crippen LogP contribution in [0.3, 0.4) is 0 Å². The number of hydrogen-bond donors (Lipinski definition) is 1. The summed E-state index contributed by atoms with van der Waals surface area (Å²) in [4.78, 5) is 37.4. The van der Waals surface area contributed by atoms with Gasteiger partial charge in [-0.15, -0.1) is 0 Å². The number of halogens is 2. The molecule has 0 unspecified atom stereocenters. The van der Waals surface area contributed by atoms with E-state index in [0.717, 1.165) is 12.1 Å². The summed E-state index contributed by atoms with van der Waals surface area (Å²) in [7, 11) is 0. The number of allylic oxidation sites excluding steroid dienone is 1. The van der Waals surface area contributed by atoms with E-state index < -0.39 is 23.0 Å². The topological polar surface area (TPSA) is 66.5 Å². The zero-order chi connectivity index (χ0) is 18.8. The van der Waals surface area contributed by atoms with Gasteiger partial charge in [-0.2, -0.15) is 0 Å². The first-order chi connectivity index (χ1) is 11.6. The van der Waals surface area contributed by atoms with E-state index in [0.29, 0.717) is 11.1 Å². The molecule has 0 saturated carbocycles. The third kappa shape index (κ3) is 5.12. The van der Waals surface area contributed by atoms with Crippen molar-refractivity contribution in [2.24, 2.45) is 5.41 Å². The van der Waals surface area contributed by atoms with Crippen LogP contribution in [0.1, 0.15) is 20.8 Å². The molecule has 134 valence electrons. The second-order valence-electron chi connectivity index (χ2n) is 6.57. The molecular weight excluding hydrogens is 350 g/mol. The minimum Gasteiger partial charge on any atom is -0.324 e. The first-order valence-corrected chi connectivity index (χ1v) is 8.50. The van der Waals surface area contributed by atoms with Gasteiger partial charge in [0.15, 0.2) is 5.78 Å². The highest BCUT2D eigenvalue weighted by Gasteiger charge is 2.30. The molecule has 8 heteroatoms. The van der Waals surface area contributed by atoms with Crippen LogP contribution in [0.15, 0.2) is 29.3 Å². The van der Waals surface area contributed by atoms with Crippen LogP contribution in [0.5, 0.6) is 0 Å². The molecule has 0 aliphatic carbocycles. The van der Waals surface area contributed by atoms with Crippen molar-refractivity contribution in [2.75, 3.05) is 17.6 Å². The molecule has 1 aromatic carbocycles. The third-order valence-corrected chi connectivity index (χ3v) is 4.38. The lowest BCUT2D eigenvalue weighted by Gasteiger charge is -2.19. The van der Waals surface area contributed by atoms with Crippen molar-refractivity contribution < 1.29 is 23.2 Å². The van der Waals surface area contributed by atoms with Crippen molar-refractivity contribution >= 4 is 35.0 Å². The van der Waals surface area contributed by atoms with E-state index in [1.54, 1.807) is 20.8 Å². The van der Waals surface area contributed by atoms with Crippen molar-refractivity contribution in [2.45, 2.75) is 20.8 Å². The number of nitrogens with one attached hydrogen (secondary N) is 1. The molecule has 0 aromatic heterocycles. The maximum atomic E-state index is 13.2. The fraction of sp³-hybridized carbons (Fsp3) is 0.353. The number of ketones is 1. The Morgan fingerprint density at radius 2 is 1.84 bits per heavy atom. The van der Waals surface area contributed by atoms with E-state index in [1.165, 1.54) is 22.7 Å². The number of carbonyl (C=O) groups is 3.